The number of halogens is 1. The normalized spacial score (nSPS) is 22.1. The van der Waals surface area contributed by atoms with Crippen LogP contribution in [0.2, 0.25) is 0 Å². The van der Waals surface area contributed by atoms with Crippen LogP contribution < -0.4 is 0 Å². The van der Waals surface area contributed by atoms with Crippen molar-refractivity contribution >= 4 is 11.9 Å². The van der Waals surface area contributed by atoms with E-state index in [2.05, 4.69) is 0 Å². The first kappa shape index (κ1) is 21.7. The highest BCUT2D eigenvalue weighted by molar-refractivity contribution is 5.82. The zero-order valence-electron chi connectivity index (χ0n) is 17.2. The quantitative estimate of drug-likeness (QED) is 0.585. The number of likely N-dealkylation sites (tertiary alicyclic amines) is 1. The number of hydrogen-bond donors (Lipinski definition) is 0. The molecule has 0 radical (unpaired) electrons. The van der Waals surface area contributed by atoms with Crippen LogP contribution >= 0.6 is 0 Å². The Morgan fingerprint density at radius 2 is 2.14 bits per heavy atom. The zero-order valence-corrected chi connectivity index (χ0v) is 17.2. The van der Waals surface area contributed by atoms with Crippen molar-refractivity contribution in [2.75, 3.05) is 26.4 Å². The molecule has 3 rings (SSSR count). The van der Waals surface area contributed by atoms with Gasteiger partial charge in [-0.05, 0) is 50.8 Å². The molecular weight excluding hydrogens is 377 g/mol. The van der Waals surface area contributed by atoms with Gasteiger partial charge in [-0.25, -0.2) is 4.39 Å². The summed E-state index contributed by atoms with van der Waals surface area (Å²) in [4.78, 5) is 26.9. The van der Waals surface area contributed by atoms with Crippen molar-refractivity contribution in [1.29, 1.82) is 0 Å². The van der Waals surface area contributed by atoms with Gasteiger partial charge in [0, 0.05) is 18.9 Å². The van der Waals surface area contributed by atoms with Gasteiger partial charge in [0.2, 0.25) is 5.91 Å². The summed E-state index contributed by atoms with van der Waals surface area (Å²) in [6.45, 7) is 5.71. The van der Waals surface area contributed by atoms with Gasteiger partial charge in [-0.1, -0.05) is 12.1 Å². The van der Waals surface area contributed by atoms with Crippen molar-refractivity contribution in [3.63, 3.8) is 0 Å². The molecule has 7 heteroatoms. The van der Waals surface area contributed by atoms with Gasteiger partial charge in [0.25, 0.3) is 0 Å². The smallest absolute Gasteiger partial charge is 0.308 e. The number of nitrogens with zero attached hydrogens (tertiary/aromatic N) is 1. The first-order valence-corrected chi connectivity index (χ1v) is 10.4. The molecule has 0 saturated carbocycles. The molecule has 2 aliphatic heterocycles. The summed E-state index contributed by atoms with van der Waals surface area (Å²) in [5, 5.41) is 0. The Morgan fingerprint density at radius 3 is 2.83 bits per heavy atom. The Hall–Kier alpha value is -1.99. The van der Waals surface area contributed by atoms with E-state index in [4.69, 9.17) is 14.2 Å². The molecule has 2 fully saturated rings. The number of rotatable bonds is 9. The monoisotopic (exact) mass is 407 g/mol. The van der Waals surface area contributed by atoms with Crippen LogP contribution in [-0.4, -0.2) is 48.9 Å². The average Bonchev–Trinajstić information content (AvgIpc) is 3.27. The third kappa shape index (κ3) is 5.54. The molecular formula is C22H30FNO5. The minimum atomic E-state index is -0.546. The van der Waals surface area contributed by atoms with Crippen LogP contribution in [0.5, 0.6) is 0 Å². The van der Waals surface area contributed by atoms with Crippen molar-refractivity contribution in [1.82, 2.24) is 4.90 Å². The maximum absolute atomic E-state index is 13.8. The first-order chi connectivity index (χ1) is 13.9. The van der Waals surface area contributed by atoms with Crippen LogP contribution in [0.3, 0.4) is 0 Å². The second kappa shape index (κ2) is 9.67. The Bertz CT molecular complexity index is 719. The number of esters is 1. The van der Waals surface area contributed by atoms with E-state index < -0.39 is 11.8 Å². The molecule has 6 nitrogen and oxygen atoms in total. The topological polar surface area (TPSA) is 65.1 Å². The molecule has 0 spiro atoms. The highest BCUT2D eigenvalue weighted by Gasteiger charge is 2.38. The fourth-order valence-electron chi connectivity index (χ4n) is 4.21. The van der Waals surface area contributed by atoms with Crippen molar-refractivity contribution < 1.29 is 28.2 Å². The Balaban J connectivity index is 1.64. The highest BCUT2D eigenvalue weighted by Crippen LogP contribution is 2.35. The van der Waals surface area contributed by atoms with E-state index in [-0.39, 0.29) is 36.6 Å². The first-order valence-electron chi connectivity index (χ1n) is 10.4. The number of hydrogen-bond acceptors (Lipinski definition) is 5. The molecule has 1 unspecified atom stereocenters. The number of benzene rings is 1. The van der Waals surface area contributed by atoms with E-state index in [1.165, 1.54) is 12.1 Å². The molecule has 0 aliphatic carbocycles. The number of carbonyl (C=O) groups is 2. The number of amides is 1. The molecule has 1 amide bonds. The lowest BCUT2D eigenvalue weighted by Gasteiger charge is -2.28. The van der Waals surface area contributed by atoms with Crippen LogP contribution in [-0.2, 0) is 23.8 Å². The highest BCUT2D eigenvalue weighted by atomic mass is 19.1. The molecule has 2 atom stereocenters. The second-order valence-electron chi connectivity index (χ2n) is 7.82. The van der Waals surface area contributed by atoms with Crippen LogP contribution in [0.25, 0.3) is 0 Å². The molecule has 0 aromatic heterocycles. The Morgan fingerprint density at radius 1 is 1.38 bits per heavy atom. The predicted molar refractivity (Wildman–Crippen MR) is 104 cm³/mol. The van der Waals surface area contributed by atoms with Crippen molar-refractivity contribution in [3.8, 4) is 0 Å². The van der Waals surface area contributed by atoms with Gasteiger partial charge in [-0.15, -0.1) is 0 Å². The molecule has 29 heavy (non-hydrogen) atoms. The van der Waals surface area contributed by atoms with Crippen LogP contribution in [0.1, 0.15) is 57.6 Å². The van der Waals surface area contributed by atoms with E-state index in [1.807, 2.05) is 6.92 Å². The molecule has 160 valence electrons. The zero-order chi connectivity index (χ0) is 20.9. The van der Waals surface area contributed by atoms with E-state index in [9.17, 15) is 14.0 Å². The summed E-state index contributed by atoms with van der Waals surface area (Å²) in [6.07, 6.45) is 3.06. The maximum atomic E-state index is 13.8. The third-order valence-corrected chi connectivity index (χ3v) is 5.71. The SMILES string of the molecule is CCOC(=O)C[C@@H](c1cccc(F)c1)N1CCC(CCCC2(C)OCCO2)C1=O. The molecule has 1 aromatic rings. The van der Waals surface area contributed by atoms with Crippen LogP contribution in [0, 0.1) is 11.7 Å². The van der Waals surface area contributed by atoms with Gasteiger partial charge in [0.05, 0.1) is 32.3 Å². The molecule has 0 N–H and O–H groups in total. The molecule has 2 saturated heterocycles. The minimum absolute atomic E-state index is 0.0157. The van der Waals surface area contributed by atoms with Gasteiger partial charge in [0.1, 0.15) is 5.82 Å². The molecule has 1 aromatic carbocycles. The lowest BCUT2D eigenvalue weighted by Crippen LogP contribution is -2.34. The van der Waals surface area contributed by atoms with Gasteiger partial charge in [0.15, 0.2) is 5.79 Å². The lowest BCUT2D eigenvalue weighted by atomic mass is 9.98. The summed E-state index contributed by atoms with van der Waals surface area (Å²) in [5.41, 5.74) is 0.618. The summed E-state index contributed by atoms with van der Waals surface area (Å²) in [6, 6.07) is 5.58. The van der Waals surface area contributed by atoms with E-state index >= 15 is 0 Å². The van der Waals surface area contributed by atoms with Crippen molar-refractivity contribution in [3.05, 3.63) is 35.6 Å². The largest absolute Gasteiger partial charge is 0.466 e. The van der Waals surface area contributed by atoms with E-state index in [0.717, 1.165) is 25.7 Å². The summed E-state index contributed by atoms with van der Waals surface area (Å²) in [5.74, 6) is -1.40. The van der Waals surface area contributed by atoms with Crippen LogP contribution in [0.4, 0.5) is 4.39 Å². The Labute approximate surface area is 171 Å². The van der Waals surface area contributed by atoms with Gasteiger partial charge >= 0.3 is 5.97 Å². The second-order valence-corrected chi connectivity index (χ2v) is 7.82. The van der Waals surface area contributed by atoms with Gasteiger partial charge in [-0.3, -0.25) is 9.59 Å². The van der Waals surface area contributed by atoms with Gasteiger partial charge < -0.3 is 19.1 Å². The average molecular weight is 407 g/mol. The van der Waals surface area contributed by atoms with Crippen molar-refractivity contribution in [2.45, 2.75) is 57.8 Å². The number of carbonyl (C=O) groups excluding carboxylic acids is 2. The molecule has 0 bridgehead atoms. The third-order valence-electron chi connectivity index (χ3n) is 5.71. The predicted octanol–water partition coefficient (Wildman–Crippen LogP) is 3.60. The Kier molecular flexibility index (Phi) is 7.24. The van der Waals surface area contributed by atoms with Crippen LogP contribution in [0.15, 0.2) is 24.3 Å². The molecule has 2 aliphatic rings. The summed E-state index contributed by atoms with van der Waals surface area (Å²) in [7, 11) is 0. The van der Waals surface area contributed by atoms with Crippen molar-refractivity contribution in [2.24, 2.45) is 5.92 Å². The minimum Gasteiger partial charge on any atom is -0.466 e. The maximum Gasteiger partial charge on any atom is 0.308 e. The lowest BCUT2D eigenvalue weighted by molar-refractivity contribution is -0.149. The standard InChI is InChI=1S/C22H30FNO5/c1-3-27-20(25)15-19(17-6-4-8-18(23)14-17)24-11-9-16(21(24)26)7-5-10-22(2)28-12-13-29-22/h4,6,8,14,16,19H,3,5,7,9-13,15H2,1-2H3/t16?,19-/m0/s1. The summed E-state index contributed by atoms with van der Waals surface area (Å²) >= 11 is 0. The van der Waals surface area contributed by atoms with E-state index in [0.29, 0.717) is 25.3 Å². The van der Waals surface area contributed by atoms with Gasteiger partial charge in [-0.2, -0.15) is 0 Å². The fraction of sp³-hybridized carbons (Fsp3) is 0.636. The summed E-state index contributed by atoms with van der Waals surface area (Å²) < 4.78 is 30.1. The van der Waals surface area contributed by atoms with E-state index in [1.54, 1.807) is 24.0 Å². The molecule has 2 heterocycles. The number of ether oxygens (including phenoxy) is 3. The fourth-order valence-corrected chi connectivity index (χ4v) is 4.21.